The Labute approximate surface area is 155 Å². The second-order valence-electron chi connectivity index (χ2n) is 6.06. The van der Waals surface area contributed by atoms with Crippen molar-refractivity contribution in [1.82, 2.24) is 20.4 Å². The second-order valence-corrected chi connectivity index (χ2v) is 7.01. The number of rotatable bonds is 4. The van der Waals surface area contributed by atoms with Gasteiger partial charge in [0.2, 0.25) is 11.7 Å². The average molecular weight is 390 g/mol. The maximum absolute atomic E-state index is 13.6. The molecule has 3 aromatic rings. The zero-order valence-electron chi connectivity index (χ0n) is 13.9. The molecule has 3 amide bonds. The highest BCUT2D eigenvalue weighted by molar-refractivity contribution is 7.13. The fourth-order valence-electron chi connectivity index (χ4n) is 2.80. The van der Waals surface area contributed by atoms with E-state index in [1.807, 2.05) is 17.5 Å². The maximum atomic E-state index is 13.6. The van der Waals surface area contributed by atoms with Gasteiger partial charge in [-0.15, -0.1) is 11.3 Å². The van der Waals surface area contributed by atoms with Gasteiger partial charge in [0.25, 0.3) is 5.91 Å². The third kappa shape index (κ3) is 2.87. The van der Waals surface area contributed by atoms with Gasteiger partial charge in [0.05, 0.1) is 4.88 Å². The summed E-state index contributed by atoms with van der Waals surface area (Å²) in [5.41, 5.74) is -1.39. The van der Waals surface area contributed by atoms with Gasteiger partial charge in [0.15, 0.2) is 11.6 Å². The molecule has 0 bridgehead atoms. The topological polar surface area (TPSA) is 88.3 Å². The number of carbonyl (C=O) groups is 2. The van der Waals surface area contributed by atoms with E-state index >= 15 is 0 Å². The van der Waals surface area contributed by atoms with E-state index in [0.29, 0.717) is 5.82 Å². The first kappa shape index (κ1) is 17.3. The van der Waals surface area contributed by atoms with Gasteiger partial charge in [-0.05, 0) is 36.1 Å². The van der Waals surface area contributed by atoms with E-state index in [1.165, 1.54) is 24.3 Å². The van der Waals surface area contributed by atoms with Crippen molar-refractivity contribution in [2.45, 2.75) is 19.0 Å². The third-order valence-electron chi connectivity index (χ3n) is 4.27. The summed E-state index contributed by atoms with van der Waals surface area (Å²) < 4.78 is 31.9. The molecule has 138 valence electrons. The van der Waals surface area contributed by atoms with E-state index in [0.717, 1.165) is 21.9 Å². The van der Waals surface area contributed by atoms with E-state index in [4.69, 9.17) is 4.52 Å². The summed E-state index contributed by atoms with van der Waals surface area (Å²) in [5.74, 6) is -2.34. The third-order valence-corrected chi connectivity index (χ3v) is 5.14. The van der Waals surface area contributed by atoms with Crippen LogP contribution in [0.1, 0.15) is 18.4 Å². The van der Waals surface area contributed by atoms with Gasteiger partial charge in [-0.3, -0.25) is 9.69 Å². The van der Waals surface area contributed by atoms with Crippen molar-refractivity contribution in [2.75, 3.05) is 0 Å². The number of nitrogens with one attached hydrogen (secondary N) is 1. The van der Waals surface area contributed by atoms with Crippen LogP contribution in [0, 0.1) is 11.6 Å². The van der Waals surface area contributed by atoms with Crippen molar-refractivity contribution in [2.24, 2.45) is 0 Å². The number of amides is 3. The van der Waals surface area contributed by atoms with Crippen LogP contribution >= 0.6 is 11.3 Å². The summed E-state index contributed by atoms with van der Waals surface area (Å²) in [6, 6.07) is 6.00. The molecular formula is C17H12F2N4O3S. The molecule has 1 saturated heterocycles. The van der Waals surface area contributed by atoms with E-state index in [2.05, 4.69) is 15.5 Å². The zero-order chi connectivity index (χ0) is 19.2. The van der Waals surface area contributed by atoms with Crippen molar-refractivity contribution in [3.8, 4) is 10.7 Å². The number of thiophene rings is 1. The Morgan fingerprint density at radius 2 is 2.07 bits per heavy atom. The Kier molecular flexibility index (Phi) is 3.99. The number of benzene rings is 1. The number of imide groups is 1. The molecule has 3 heterocycles. The van der Waals surface area contributed by atoms with Gasteiger partial charge in [-0.2, -0.15) is 4.98 Å². The molecular weight excluding hydrogens is 378 g/mol. The first-order valence-corrected chi connectivity index (χ1v) is 8.72. The molecule has 1 N–H and O–H groups in total. The molecule has 1 aromatic carbocycles. The lowest BCUT2D eigenvalue weighted by atomic mass is 9.92. The molecule has 0 radical (unpaired) electrons. The number of urea groups is 1. The standard InChI is InChI=1S/C17H12F2N4O3S/c1-17(9-4-5-10(18)11(19)7-9)15(24)23(16(25)21-17)8-13-20-14(22-26-13)12-3-2-6-27-12/h2-7H,8H2,1H3,(H,21,25). The molecule has 7 nitrogen and oxygen atoms in total. The van der Waals surface area contributed by atoms with Crippen LogP contribution in [-0.4, -0.2) is 27.0 Å². The largest absolute Gasteiger partial charge is 0.337 e. The fourth-order valence-corrected chi connectivity index (χ4v) is 3.45. The van der Waals surface area contributed by atoms with Crippen LogP contribution in [0.2, 0.25) is 0 Å². The molecule has 1 unspecified atom stereocenters. The monoisotopic (exact) mass is 390 g/mol. The first-order valence-electron chi connectivity index (χ1n) is 7.84. The number of aromatic nitrogens is 2. The van der Waals surface area contributed by atoms with Crippen molar-refractivity contribution < 1.29 is 22.9 Å². The Bertz CT molecular complexity index is 1040. The predicted molar refractivity (Wildman–Crippen MR) is 90.4 cm³/mol. The lowest BCUT2D eigenvalue weighted by molar-refractivity contribution is -0.131. The Hall–Kier alpha value is -3.14. The highest BCUT2D eigenvalue weighted by atomic mass is 32.1. The van der Waals surface area contributed by atoms with Crippen molar-refractivity contribution in [3.63, 3.8) is 0 Å². The van der Waals surface area contributed by atoms with Crippen molar-refractivity contribution in [3.05, 3.63) is 58.8 Å². The number of carbonyl (C=O) groups excluding carboxylic acids is 2. The summed E-state index contributed by atoms with van der Waals surface area (Å²) >= 11 is 1.42. The number of nitrogens with zero attached hydrogens (tertiary/aromatic N) is 3. The Morgan fingerprint density at radius 3 is 2.78 bits per heavy atom. The number of hydrogen-bond donors (Lipinski definition) is 1. The SMILES string of the molecule is CC1(c2ccc(F)c(F)c2)NC(=O)N(Cc2nc(-c3cccs3)no2)C1=O. The fraction of sp³-hybridized carbons (Fsp3) is 0.176. The molecule has 1 fully saturated rings. The van der Waals surface area contributed by atoms with E-state index in [-0.39, 0.29) is 18.0 Å². The smallest absolute Gasteiger partial charge is 0.325 e. The molecule has 1 aliphatic rings. The minimum Gasteiger partial charge on any atom is -0.337 e. The van der Waals surface area contributed by atoms with Crippen LogP contribution in [0.3, 0.4) is 0 Å². The molecule has 4 rings (SSSR count). The van der Waals surface area contributed by atoms with Gasteiger partial charge < -0.3 is 9.84 Å². The summed E-state index contributed by atoms with van der Waals surface area (Å²) in [6.45, 7) is 1.19. The van der Waals surface area contributed by atoms with Gasteiger partial charge in [-0.25, -0.2) is 13.6 Å². The summed E-state index contributed by atoms with van der Waals surface area (Å²) in [6.07, 6.45) is 0. The van der Waals surface area contributed by atoms with Crippen LogP contribution in [-0.2, 0) is 16.9 Å². The molecule has 10 heteroatoms. The second kappa shape index (κ2) is 6.23. The van der Waals surface area contributed by atoms with E-state index in [9.17, 15) is 18.4 Å². The lowest BCUT2D eigenvalue weighted by Gasteiger charge is -2.22. The molecule has 1 aliphatic heterocycles. The van der Waals surface area contributed by atoms with Crippen LogP contribution in [0.15, 0.2) is 40.2 Å². The van der Waals surface area contributed by atoms with E-state index in [1.54, 1.807) is 0 Å². The molecule has 0 aliphatic carbocycles. The van der Waals surface area contributed by atoms with Gasteiger partial charge in [-0.1, -0.05) is 17.3 Å². The number of hydrogen-bond acceptors (Lipinski definition) is 6. The first-order chi connectivity index (χ1) is 12.9. The van der Waals surface area contributed by atoms with Crippen molar-refractivity contribution >= 4 is 23.3 Å². The minimum atomic E-state index is -1.53. The van der Waals surface area contributed by atoms with Crippen LogP contribution in [0.25, 0.3) is 10.7 Å². The average Bonchev–Trinajstić information content (AvgIpc) is 3.35. The molecule has 0 saturated carbocycles. The maximum Gasteiger partial charge on any atom is 0.325 e. The van der Waals surface area contributed by atoms with Gasteiger partial charge in [0.1, 0.15) is 12.1 Å². The van der Waals surface area contributed by atoms with Crippen molar-refractivity contribution in [1.29, 1.82) is 0 Å². The lowest BCUT2D eigenvalue weighted by Crippen LogP contribution is -2.41. The predicted octanol–water partition coefficient (Wildman–Crippen LogP) is 3.04. The van der Waals surface area contributed by atoms with Crippen LogP contribution < -0.4 is 5.32 Å². The summed E-state index contributed by atoms with van der Waals surface area (Å²) in [7, 11) is 0. The molecule has 2 aromatic heterocycles. The Balaban J connectivity index is 1.59. The summed E-state index contributed by atoms with van der Waals surface area (Å²) in [4.78, 5) is 31.0. The van der Waals surface area contributed by atoms with E-state index < -0.39 is 29.1 Å². The van der Waals surface area contributed by atoms with Crippen LogP contribution in [0.4, 0.5) is 13.6 Å². The van der Waals surface area contributed by atoms with Gasteiger partial charge in [0, 0.05) is 0 Å². The normalized spacial score (nSPS) is 19.6. The minimum absolute atomic E-state index is 0.0800. The highest BCUT2D eigenvalue weighted by Gasteiger charge is 2.49. The highest BCUT2D eigenvalue weighted by Crippen LogP contribution is 2.31. The van der Waals surface area contributed by atoms with Crippen LogP contribution in [0.5, 0.6) is 0 Å². The molecule has 0 spiro atoms. The summed E-state index contributed by atoms with van der Waals surface area (Å²) in [5, 5.41) is 8.20. The van der Waals surface area contributed by atoms with Gasteiger partial charge >= 0.3 is 6.03 Å². The Morgan fingerprint density at radius 1 is 1.26 bits per heavy atom. The molecule has 27 heavy (non-hydrogen) atoms. The molecule has 1 atom stereocenters. The number of halogens is 2. The zero-order valence-corrected chi connectivity index (χ0v) is 14.7. The quantitative estimate of drug-likeness (QED) is 0.692.